The van der Waals surface area contributed by atoms with Crippen LogP contribution in [0.15, 0.2) is 12.5 Å². The first-order valence-corrected chi connectivity index (χ1v) is 6.91. The minimum absolute atomic E-state index is 0.0270. The lowest BCUT2D eigenvalue weighted by Crippen LogP contribution is -2.47. The van der Waals surface area contributed by atoms with Crippen molar-refractivity contribution < 1.29 is 9.53 Å². The summed E-state index contributed by atoms with van der Waals surface area (Å²) in [6, 6.07) is 0. The molecule has 110 valence electrons. The number of carbonyl (C=O) groups excluding carboxylic acids is 1. The van der Waals surface area contributed by atoms with Crippen molar-refractivity contribution in [1.82, 2.24) is 20.6 Å². The third-order valence-electron chi connectivity index (χ3n) is 3.89. The van der Waals surface area contributed by atoms with Crippen LogP contribution in [-0.4, -0.2) is 49.2 Å². The average molecular weight is 278 g/mol. The molecule has 1 aliphatic heterocycles. The van der Waals surface area contributed by atoms with E-state index in [1.807, 2.05) is 6.92 Å². The van der Waals surface area contributed by atoms with Crippen molar-refractivity contribution >= 4 is 5.91 Å². The van der Waals surface area contributed by atoms with E-state index in [1.165, 1.54) is 6.33 Å². The third-order valence-corrected chi connectivity index (χ3v) is 3.89. The number of piperidine rings is 1. The molecule has 0 bridgehead atoms. The molecule has 1 saturated heterocycles. The molecule has 0 saturated carbocycles. The minimum atomic E-state index is -0.114. The summed E-state index contributed by atoms with van der Waals surface area (Å²) in [6.45, 7) is 5.03. The average Bonchev–Trinajstić information content (AvgIpc) is 2.47. The Labute approximate surface area is 119 Å². The molecule has 6 nitrogen and oxygen atoms in total. The number of nitrogens with zero attached hydrogens (tertiary/aromatic N) is 2. The zero-order valence-electron chi connectivity index (χ0n) is 12.1. The predicted molar refractivity (Wildman–Crippen MR) is 75.5 cm³/mol. The van der Waals surface area contributed by atoms with E-state index in [2.05, 4.69) is 20.6 Å². The highest BCUT2D eigenvalue weighted by Crippen LogP contribution is 2.28. The number of methoxy groups -OCH3 is 1. The number of ether oxygens (including phenoxy) is 1. The quantitative estimate of drug-likeness (QED) is 0.821. The van der Waals surface area contributed by atoms with Gasteiger partial charge in [-0.2, -0.15) is 0 Å². The zero-order valence-corrected chi connectivity index (χ0v) is 12.1. The van der Waals surface area contributed by atoms with Gasteiger partial charge >= 0.3 is 0 Å². The van der Waals surface area contributed by atoms with E-state index < -0.39 is 0 Å². The van der Waals surface area contributed by atoms with Crippen LogP contribution in [0.5, 0.6) is 0 Å². The molecule has 2 heterocycles. The second kappa shape index (κ2) is 6.76. The van der Waals surface area contributed by atoms with Gasteiger partial charge < -0.3 is 15.4 Å². The molecule has 0 radical (unpaired) electrons. The molecular formula is C14H22N4O2. The van der Waals surface area contributed by atoms with Crippen molar-refractivity contribution in [2.45, 2.75) is 19.8 Å². The van der Waals surface area contributed by atoms with Gasteiger partial charge in [-0.3, -0.25) is 4.79 Å². The van der Waals surface area contributed by atoms with E-state index >= 15 is 0 Å². The first-order valence-electron chi connectivity index (χ1n) is 6.91. The summed E-state index contributed by atoms with van der Waals surface area (Å²) in [5, 5.41) is 6.35. The van der Waals surface area contributed by atoms with Gasteiger partial charge in [0.2, 0.25) is 0 Å². The molecule has 0 atom stereocenters. The van der Waals surface area contributed by atoms with Gasteiger partial charge in [0, 0.05) is 25.3 Å². The number of nitrogens with one attached hydrogen (secondary N) is 2. The normalized spacial score (nSPS) is 17.7. The number of rotatable bonds is 5. The molecule has 0 spiro atoms. The summed E-state index contributed by atoms with van der Waals surface area (Å²) in [5.74, 6) is -0.114. The van der Waals surface area contributed by atoms with Crippen molar-refractivity contribution in [3.05, 3.63) is 23.8 Å². The molecular weight excluding hydrogens is 256 g/mol. The fraction of sp³-hybridized carbons (Fsp3) is 0.643. The Morgan fingerprint density at radius 2 is 2.25 bits per heavy atom. The lowest BCUT2D eigenvalue weighted by Gasteiger charge is -2.37. The van der Waals surface area contributed by atoms with E-state index in [4.69, 9.17) is 4.74 Å². The fourth-order valence-corrected chi connectivity index (χ4v) is 2.61. The van der Waals surface area contributed by atoms with Crippen LogP contribution < -0.4 is 10.6 Å². The first-order chi connectivity index (χ1) is 9.67. The number of amides is 1. The van der Waals surface area contributed by atoms with Crippen LogP contribution in [0.25, 0.3) is 0 Å². The van der Waals surface area contributed by atoms with Crippen molar-refractivity contribution in [3.8, 4) is 0 Å². The van der Waals surface area contributed by atoms with Gasteiger partial charge in [0.25, 0.3) is 5.91 Å². The molecule has 1 aromatic heterocycles. The van der Waals surface area contributed by atoms with Crippen LogP contribution in [0.2, 0.25) is 0 Å². The highest BCUT2D eigenvalue weighted by molar-refractivity contribution is 5.94. The summed E-state index contributed by atoms with van der Waals surface area (Å²) in [4.78, 5) is 20.2. The Hall–Kier alpha value is -1.53. The van der Waals surface area contributed by atoms with Gasteiger partial charge in [-0.15, -0.1) is 0 Å². The van der Waals surface area contributed by atoms with Crippen molar-refractivity contribution in [1.29, 1.82) is 0 Å². The van der Waals surface area contributed by atoms with Gasteiger partial charge in [-0.25, -0.2) is 9.97 Å². The van der Waals surface area contributed by atoms with Crippen molar-refractivity contribution in [2.75, 3.05) is 33.4 Å². The number of hydrogen-bond acceptors (Lipinski definition) is 5. The van der Waals surface area contributed by atoms with Crippen LogP contribution in [0.3, 0.4) is 0 Å². The van der Waals surface area contributed by atoms with Crippen molar-refractivity contribution in [3.63, 3.8) is 0 Å². The largest absolute Gasteiger partial charge is 0.384 e. The monoisotopic (exact) mass is 278 g/mol. The number of aryl methyl sites for hydroxylation is 1. The summed E-state index contributed by atoms with van der Waals surface area (Å²) in [6.07, 6.45) is 5.02. The fourth-order valence-electron chi connectivity index (χ4n) is 2.61. The van der Waals surface area contributed by atoms with E-state index in [1.54, 1.807) is 13.3 Å². The molecule has 1 aromatic rings. The SMILES string of the molecule is COCC1(CNC(=O)c2cncnc2C)CCNCC1. The second-order valence-electron chi connectivity index (χ2n) is 5.39. The standard InChI is InChI=1S/C14H22N4O2/c1-11-12(7-16-10-18-11)13(19)17-8-14(9-20-2)3-5-15-6-4-14/h7,10,15H,3-6,8-9H2,1-2H3,(H,17,19). The summed E-state index contributed by atoms with van der Waals surface area (Å²) >= 11 is 0. The summed E-state index contributed by atoms with van der Waals surface area (Å²) in [5.41, 5.74) is 1.26. The Balaban J connectivity index is 1.99. The molecule has 6 heteroatoms. The van der Waals surface area contributed by atoms with Crippen LogP contribution in [-0.2, 0) is 4.74 Å². The van der Waals surface area contributed by atoms with Gasteiger partial charge in [-0.1, -0.05) is 0 Å². The molecule has 2 rings (SSSR count). The maximum Gasteiger partial charge on any atom is 0.254 e. The first kappa shape index (κ1) is 14.9. The van der Waals surface area contributed by atoms with Crippen LogP contribution in [0, 0.1) is 12.3 Å². The smallest absolute Gasteiger partial charge is 0.254 e. The molecule has 0 aromatic carbocycles. The van der Waals surface area contributed by atoms with Crippen LogP contribution >= 0.6 is 0 Å². The topological polar surface area (TPSA) is 76.1 Å². The van der Waals surface area contributed by atoms with E-state index in [0.29, 0.717) is 24.4 Å². The molecule has 1 aliphatic rings. The number of carbonyl (C=O) groups is 1. The molecule has 1 amide bonds. The third kappa shape index (κ3) is 3.52. The van der Waals surface area contributed by atoms with Gasteiger partial charge in [-0.05, 0) is 32.9 Å². The molecule has 1 fully saturated rings. The highest BCUT2D eigenvalue weighted by Gasteiger charge is 2.32. The molecule has 0 aliphatic carbocycles. The maximum atomic E-state index is 12.2. The Bertz CT molecular complexity index is 453. The Kier molecular flexibility index (Phi) is 5.03. The summed E-state index contributed by atoms with van der Waals surface area (Å²) < 4.78 is 5.34. The molecule has 0 unspecified atom stereocenters. The minimum Gasteiger partial charge on any atom is -0.384 e. The van der Waals surface area contributed by atoms with Gasteiger partial charge in [0.15, 0.2) is 0 Å². The predicted octanol–water partition coefficient (Wildman–Crippen LogP) is 0.531. The lowest BCUT2D eigenvalue weighted by atomic mass is 9.79. The molecule has 20 heavy (non-hydrogen) atoms. The Morgan fingerprint density at radius 1 is 1.50 bits per heavy atom. The van der Waals surface area contributed by atoms with Crippen LogP contribution in [0.1, 0.15) is 28.9 Å². The highest BCUT2D eigenvalue weighted by atomic mass is 16.5. The van der Waals surface area contributed by atoms with Gasteiger partial charge in [0.05, 0.1) is 17.9 Å². The van der Waals surface area contributed by atoms with E-state index in [-0.39, 0.29) is 11.3 Å². The van der Waals surface area contributed by atoms with E-state index in [9.17, 15) is 4.79 Å². The number of aromatic nitrogens is 2. The van der Waals surface area contributed by atoms with Crippen LogP contribution in [0.4, 0.5) is 0 Å². The van der Waals surface area contributed by atoms with Crippen molar-refractivity contribution in [2.24, 2.45) is 5.41 Å². The summed E-state index contributed by atoms with van der Waals surface area (Å²) in [7, 11) is 1.71. The molecule has 2 N–H and O–H groups in total. The Morgan fingerprint density at radius 3 is 2.90 bits per heavy atom. The second-order valence-corrected chi connectivity index (χ2v) is 5.39. The van der Waals surface area contributed by atoms with E-state index in [0.717, 1.165) is 25.9 Å². The number of hydrogen-bond donors (Lipinski definition) is 2. The maximum absolute atomic E-state index is 12.2. The zero-order chi connectivity index (χ0) is 14.4. The van der Waals surface area contributed by atoms with Gasteiger partial charge in [0.1, 0.15) is 6.33 Å². The lowest BCUT2D eigenvalue weighted by molar-refractivity contribution is 0.0511.